The Labute approximate surface area is 88.0 Å². The van der Waals surface area contributed by atoms with E-state index >= 15 is 0 Å². The van der Waals surface area contributed by atoms with Crippen LogP contribution in [0.1, 0.15) is 37.4 Å². The average molecular weight is 209 g/mol. The molecule has 0 radical (unpaired) electrons. The number of hydrogen-bond donors (Lipinski definition) is 1. The van der Waals surface area contributed by atoms with Gasteiger partial charge in [-0.05, 0) is 18.8 Å². The second-order valence-corrected chi connectivity index (χ2v) is 4.74. The monoisotopic (exact) mass is 209 g/mol. The molecule has 5 nitrogen and oxygen atoms in total. The predicted molar refractivity (Wildman–Crippen MR) is 52.1 cm³/mol. The molecule has 5 heteroatoms. The highest BCUT2D eigenvalue weighted by molar-refractivity contribution is 5.11. The molecule has 2 heterocycles. The lowest BCUT2D eigenvalue weighted by Gasteiger charge is -2.14. The van der Waals surface area contributed by atoms with E-state index in [1.54, 1.807) is 0 Å². The van der Waals surface area contributed by atoms with Crippen LogP contribution in [0.25, 0.3) is 0 Å². The van der Waals surface area contributed by atoms with Gasteiger partial charge in [-0.15, -0.1) is 0 Å². The third kappa shape index (κ3) is 1.46. The van der Waals surface area contributed by atoms with E-state index in [1.165, 1.54) is 0 Å². The Morgan fingerprint density at radius 3 is 2.93 bits per heavy atom. The maximum Gasteiger partial charge on any atom is 0.249 e. The Morgan fingerprint density at radius 2 is 2.33 bits per heavy atom. The molecular formula is C10H15N3O2. The minimum Gasteiger partial charge on any atom is -0.379 e. The fourth-order valence-corrected chi connectivity index (χ4v) is 2.02. The third-order valence-electron chi connectivity index (χ3n) is 3.36. The van der Waals surface area contributed by atoms with Crippen LogP contribution >= 0.6 is 0 Å². The van der Waals surface area contributed by atoms with Gasteiger partial charge in [-0.1, -0.05) is 12.1 Å². The first-order chi connectivity index (χ1) is 7.19. The first kappa shape index (κ1) is 9.30. The Morgan fingerprint density at radius 1 is 1.53 bits per heavy atom. The van der Waals surface area contributed by atoms with Gasteiger partial charge in [0, 0.05) is 12.5 Å². The Balaban J connectivity index is 1.83. The summed E-state index contributed by atoms with van der Waals surface area (Å²) in [5, 5.41) is 4.00. The molecule has 1 aliphatic heterocycles. The lowest BCUT2D eigenvalue weighted by molar-refractivity contribution is 0.166. The van der Waals surface area contributed by atoms with E-state index in [4.69, 9.17) is 15.0 Å². The third-order valence-corrected chi connectivity index (χ3v) is 3.36. The van der Waals surface area contributed by atoms with E-state index in [0.717, 1.165) is 18.7 Å². The van der Waals surface area contributed by atoms with Gasteiger partial charge in [-0.3, -0.25) is 0 Å². The zero-order valence-corrected chi connectivity index (χ0v) is 8.77. The largest absolute Gasteiger partial charge is 0.379 e. The van der Waals surface area contributed by atoms with Crippen LogP contribution in [0.4, 0.5) is 0 Å². The van der Waals surface area contributed by atoms with Gasteiger partial charge in [0.15, 0.2) is 5.82 Å². The number of rotatable bonds is 2. The van der Waals surface area contributed by atoms with Gasteiger partial charge in [0.25, 0.3) is 0 Å². The van der Waals surface area contributed by atoms with Crippen molar-refractivity contribution in [3.05, 3.63) is 11.7 Å². The summed E-state index contributed by atoms with van der Waals surface area (Å²) in [6.07, 6.45) is 1.92. The van der Waals surface area contributed by atoms with Gasteiger partial charge < -0.3 is 15.0 Å². The van der Waals surface area contributed by atoms with Gasteiger partial charge >= 0.3 is 0 Å². The maximum atomic E-state index is 6.13. The van der Waals surface area contributed by atoms with Crippen LogP contribution in [-0.4, -0.2) is 23.4 Å². The van der Waals surface area contributed by atoms with Gasteiger partial charge in [0.2, 0.25) is 5.89 Å². The zero-order valence-electron chi connectivity index (χ0n) is 8.77. The Bertz CT molecular complexity index is 370. The summed E-state index contributed by atoms with van der Waals surface area (Å²) in [6, 6.07) is 0. The molecule has 1 aromatic heterocycles. The molecule has 3 rings (SSSR count). The second-order valence-electron chi connectivity index (χ2n) is 4.74. The van der Waals surface area contributed by atoms with E-state index in [2.05, 4.69) is 17.1 Å². The fraction of sp³-hybridized carbons (Fsp3) is 0.800. The lowest BCUT2D eigenvalue weighted by Crippen LogP contribution is -2.37. The highest BCUT2D eigenvalue weighted by Gasteiger charge is 2.42. The predicted octanol–water partition coefficient (Wildman–Crippen LogP) is 0.767. The van der Waals surface area contributed by atoms with Crippen molar-refractivity contribution in [2.45, 2.75) is 31.2 Å². The van der Waals surface area contributed by atoms with Crippen LogP contribution in [-0.2, 0) is 10.3 Å². The minimum atomic E-state index is -0.552. The van der Waals surface area contributed by atoms with Crippen molar-refractivity contribution in [1.82, 2.24) is 10.1 Å². The Hall–Kier alpha value is -0.940. The molecular weight excluding hydrogens is 194 g/mol. The van der Waals surface area contributed by atoms with Crippen molar-refractivity contribution in [3.63, 3.8) is 0 Å². The van der Waals surface area contributed by atoms with Gasteiger partial charge in [0.1, 0.15) is 5.54 Å². The summed E-state index contributed by atoms with van der Waals surface area (Å²) in [7, 11) is 0. The molecule has 2 N–H and O–H groups in total. The quantitative estimate of drug-likeness (QED) is 0.778. The van der Waals surface area contributed by atoms with Crippen molar-refractivity contribution in [2.24, 2.45) is 11.7 Å². The van der Waals surface area contributed by atoms with Crippen molar-refractivity contribution < 1.29 is 9.26 Å². The maximum absolute atomic E-state index is 6.13. The first-order valence-corrected chi connectivity index (χ1v) is 5.40. The van der Waals surface area contributed by atoms with E-state index in [-0.39, 0.29) is 0 Å². The highest BCUT2D eigenvalue weighted by Crippen LogP contribution is 2.45. The molecule has 1 saturated carbocycles. The van der Waals surface area contributed by atoms with E-state index in [0.29, 0.717) is 30.9 Å². The molecule has 3 atom stereocenters. The smallest absolute Gasteiger partial charge is 0.249 e. The summed E-state index contributed by atoms with van der Waals surface area (Å²) >= 11 is 0. The van der Waals surface area contributed by atoms with Crippen LogP contribution in [0, 0.1) is 5.92 Å². The molecule has 0 aromatic carbocycles. The molecule has 0 amide bonds. The molecule has 1 aromatic rings. The average Bonchev–Trinajstić information content (AvgIpc) is 2.73. The Kier molecular flexibility index (Phi) is 1.87. The lowest BCUT2D eigenvalue weighted by atomic mass is 10.0. The van der Waals surface area contributed by atoms with Crippen LogP contribution in [0.3, 0.4) is 0 Å². The van der Waals surface area contributed by atoms with E-state index < -0.39 is 5.54 Å². The molecule has 15 heavy (non-hydrogen) atoms. The molecule has 0 bridgehead atoms. The summed E-state index contributed by atoms with van der Waals surface area (Å²) in [5.74, 6) is 2.51. The van der Waals surface area contributed by atoms with Crippen LogP contribution in [0.5, 0.6) is 0 Å². The molecule has 1 aliphatic carbocycles. The topological polar surface area (TPSA) is 74.2 Å². The zero-order chi connectivity index (χ0) is 10.5. The van der Waals surface area contributed by atoms with Crippen molar-refractivity contribution in [2.75, 3.05) is 13.2 Å². The van der Waals surface area contributed by atoms with Crippen LogP contribution in [0.15, 0.2) is 4.52 Å². The highest BCUT2D eigenvalue weighted by atomic mass is 16.5. The van der Waals surface area contributed by atoms with Crippen molar-refractivity contribution >= 4 is 0 Å². The molecule has 2 fully saturated rings. The fourth-order valence-electron chi connectivity index (χ4n) is 2.02. The minimum absolute atomic E-state index is 0.480. The second kappa shape index (κ2) is 3.02. The first-order valence-electron chi connectivity index (χ1n) is 5.40. The molecule has 0 spiro atoms. The number of aromatic nitrogens is 2. The number of nitrogens with zero attached hydrogens (tertiary/aromatic N) is 2. The summed E-state index contributed by atoms with van der Waals surface area (Å²) < 4.78 is 10.5. The number of hydrogen-bond acceptors (Lipinski definition) is 5. The van der Waals surface area contributed by atoms with Gasteiger partial charge in [-0.25, -0.2) is 0 Å². The summed E-state index contributed by atoms with van der Waals surface area (Å²) in [6.45, 7) is 3.35. The van der Waals surface area contributed by atoms with Gasteiger partial charge in [-0.2, -0.15) is 4.98 Å². The van der Waals surface area contributed by atoms with E-state index in [1.807, 2.05) is 0 Å². The number of ether oxygens (including phenoxy) is 1. The molecule has 3 unspecified atom stereocenters. The normalized spacial score (nSPS) is 39.6. The van der Waals surface area contributed by atoms with Crippen molar-refractivity contribution in [3.8, 4) is 0 Å². The standard InChI is InChI=1S/C10H15N3O2/c1-6-4-7(6)8-12-9(15-13-8)10(11)2-3-14-5-10/h6-7H,2-5,11H2,1H3. The van der Waals surface area contributed by atoms with Gasteiger partial charge in [0.05, 0.1) is 6.61 Å². The van der Waals surface area contributed by atoms with Crippen LogP contribution in [0.2, 0.25) is 0 Å². The summed E-state index contributed by atoms with van der Waals surface area (Å²) in [5.41, 5.74) is 5.58. The molecule has 82 valence electrons. The van der Waals surface area contributed by atoms with Crippen molar-refractivity contribution in [1.29, 1.82) is 0 Å². The summed E-state index contributed by atoms with van der Waals surface area (Å²) in [4.78, 5) is 4.39. The SMILES string of the molecule is CC1CC1c1noc(C2(N)CCOC2)n1. The van der Waals surface area contributed by atoms with E-state index in [9.17, 15) is 0 Å². The number of nitrogens with two attached hydrogens (primary N) is 1. The van der Waals surface area contributed by atoms with Crippen LogP contribution < -0.4 is 5.73 Å². The molecule has 2 aliphatic rings. The molecule has 1 saturated heterocycles.